The molecule has 0 radical (unpaired) electrons. The highest BCUT2D eigenvalue weighted by atomic mass is 35.5. The highest BCUT2D eigenvalue weighted by Gasteiger charge is 2.23. The lowest BCUT2D eigenvalue weighted by Gasteiger charge is -2.19. The van der Waals surface area contributed by atoms with Crippen LogP contribution in [0.2, 0.25) is 5.02 Å². The summed E-state index contributed by atoms with van der Waals surface area (Å²) >= 11 is 6.23. The molecule has 3 aromatic rings. The Hall–Kier alpha value is -2.70. The number of methoxy groups -OCH3 is 3. The molecule has 0 aliphatic carbocycles. The number of carbonyl (C=O) groups is 1. The lowest BCUT2D eigenvalue weighted by molar-refractivity contribution is -0.121. The molecule has 2 aromatic carbocycles. The van der Waals surface area contributed by atoms with Crippen molar-refractivity contribution in [2.45, 2.75) is 12.3 Å². The second kappa shape index (κ2) is 9.67. The van der Waals surface area contributed by atoms with Gasteiger partial charge in [-0.15, -0.1) is 0 Å². The third kappa shape index (κ3) is 4.83. The fraction of sp³-hybridized carbons (Fsp3) is 0.318. The summed E-state index contributed by atoms with van der Waals surface area (Å²) in [4.78, 5) is 15.9. The molecule has 0 fully saturated rings. The Morgan fingerprint density at radius 2 is 1.90 bits per heavy atom. The number of carbonyl (C=O) groups excluding carboxylic acids is 1. The predicted octanol–water partition coefficient (Wildman–Crippen LogP) is 4.12. The van der Waals surface area contributed by atoms with E-state index in [1.165, 1.54) is 0 Å². The van der Waals surface area contributed by atoms with Gasteiger partial charge in [-0.3, -0.25) is 4.79 Å². The summed E-state index contributed by atoms with van der Waals surface area (Å²) in [6, 6.07) is 11.4. The van der Waals surface area contributed by atoms with Gasteiger partial charge in [-0.2, -0.15) is 0 Å². The van der Waals surface area contributed by atoms with E-state index in [-0.39, 0.29) is 18.2 Å². The molecule has 0 aliphatic heterocycles. The highest BCUT2D eigenvalue weighted by molar-refractivity contribution is 6.31. The Morgan fingerprint density at radius 3 is 2.62 bits per heavy atom. The first-order valence-electron chi connectivity index (χ1n) is 9.31. The lowest BCUT2D eigenvalue weighted by atomic mass is 9.87. The van der Waals surface area contributed by atoms with Gasteiger partial charge in [0.1, 0.15) is 0 Å². The first-order valence-corrected chi connectivity index (χ1v) is 9.69. The molecule has 6 nitrogen and oxygen atoms in total. The molecule has 154 valence electrons. The van der Waals surface area contributed by atoms with Gasteiger partial charge < -0.3 is 24.5 Å². The average molecular weight is 417 g/mol. The average Bonchev–Trinajstić information content (AvgIpc) is 3.14. The normalized spacial score (nSPS) is 12.0. The Morgan fingerprint density at radius 1 is 1.10 bits per heavy atom. The molecule has 2 N–H and O–H groups in total. The standard InChI is InChI=1S/C22H25ClN2O4/c1-27-9-8-24-22(26)12-16(14-4-7-20(28-2)21(10-14)29-3)18-13-25-19-6-5-15(23)11-17(18)19/h4-7,10-11,13,16,25H,8-9,12H2,1-3H3,(H,24,26)/t16-/m1/s1. The number of halogens is 1. The minimum atomic E-state index is -0.190. The predicted molar refractivity (Wildman–Crippen MR) is 114 cm³/mol. The van der Waals surface area contributed by atoms with E-state index < -0.39 is 0 Å². The van der Waals surface area contributed by atoms with Gasteiger partial charge in [0.25, 0.3) is 0 Å². The number of fused-ring (bicyclic) bond motifs is 1. The van der Waals surface area contributed by atoms with Crippen LogP contribution in [0.1, 0.15) is 23.5 Å². The number of H-pyrrole nitrogens is 1. The van der Waals surface area contributed by atoms with Gasteiger partial charge in [-0.25, -0.2) is 0 Å². The summed E-state index contributed by atoms with van der Waals surface area (Å²) in [7, 11) is 4.80. The van der Waals surface area contributed by atoms with Gasteiger partial charge in [0.05, 0.1) is 20.8 Å². The topological polar surface area (TPSA) is 72.6 Å². The highest BCUT2D eigenvalue weighted by Crippen LogP contribution is 2.38. The molecule has 0 saturated heterocycles. The van der Waals surface area contributed by atoms with Crippen molar-refractivity contribution in [1.82, 2.24) is 10.3 Å². The van der Waals surface area contributed by atoms with E-state index in [4.69, 9.17) is 25.8 Å². The number of ether oxygens (including phenoxy) is 3. The molecule has 0 saturated carbocycles. The van der Waals surface area contributed by atoms with Gasteiger partial charge in [-0.05, 0) is 41.5 Å². The van der Waals surface area contributed by atoms with E-state index in [1.54, 1.807) is 21.3 Å². The quantitative estimate of drug-likeness (QED) is 0.514. The fourth-order valence-electron chi connectivity index (χ4n) is 3.43. The summed E-state index contributed by atoms with van der Waals surface area (Å²) < 4.78 is 15.8. The number of rotatable bonds is 9. The number of hydrogen-bond donors (Lipinski definition) is 2. The summed E-state index contributed by atoms with van der Waals surface area (Å²) in [5, 5.41) is 4.54. The molecular formula is C22H25ClN2O4. The number of aromatic amines is 1. The number of nitrogens with one attached hydrogen (secondary N) is 2. The molecule has 0 unspecified atom stereocenters. The molecule has 1 heterocycles. The maximum absolute atomic E-state index is 12.6. The van der Waals surface area contributed by atoms with Gasteiger partial charge >= 0.3 is 0 Å². The summed E-state index contributed by atoms with van der Waals surface area (Å²) in [6.45, 7) is 0.934. The molecule has 7 heteroatoms. The molecule has 0 aliphatic rings. The second-order valence-electron chi connectivity index (χ2n) is 6.65. The minimum Gasteiger partial charge on any atom is -0.493 e. The van der Waals surface area contributed by atoms with E-state index in [9.17, 15) is 4.79 Å². The van der Waals surface area contributed by atoms with Gasteiger partial charge in [-0.1, -0.05) is 17.7 Å². The molecule has 29 heavy (non-hydrogen) atoms. The second-order valence-corrected chi connectivity index (χ2v) is 7.08. The van der Waals surface area contributed by atoms with Gasteiger partial charge in [0.2, 0.25) is 5.91 Å². The van der Waals surface area contributed by atoms with Crippen molar-refractivity contribution in [2.24, 2.45) is 0 Å². The summed E-state index contributed by atoms with van der Waals surface area (Å²) in [6.07, 6.45) is 2.21. The molecular weight excluding hydrogens is 392 g/mol. The Bertz CT molecular complexity index is 986. The van der Waals surface area contributed by atoms with E-state index in [2.05, 4.69) is 10.3 Å². The SMILES string of the molecule is COCCNC(=O)C[C@H](c1ccc(OC)c(OC)c1)c1c[nH]c2ccc(Cl)cc12. The number of aromatic nitrogens is 1. The van der Waals surface area contributed by atoms with E-state index in [1.807, 2.05) is 42.6 Å². The van der Waals surface area contributed by atoms with Crippen LogP contribution in [-0.4, -0.2) is 45.4 Å². The zero-order valence-electron chi connectivity index (χ0n) is 16.8. The lowest BCUT2D eigenvalue weighted by Crippen LogP contribution is -2.28. The number of amides is 1. The first kappa shape index (κ1) is 21.0. The Kier molecular flexibility index (Phi) is 7.01. The minimum absolute atomic E-state index is 0.0572. The van der Waals surface area contributed by atoms with E-state index in [0.717, 1.165) is 22.0 Å². The van der Waals surface area contributed by atoms with Crippen LogP contribution in [0.15, 0.2) is 42.6 Å². The van der Waals surface area contributed by atoms with Crippen LogP contribution in [0.25, 0.3) is 10.9 Å². The van der Waals surface area contributed by atoms with E-state index >= 15 is 0 Å². The Labute approximate surface area is 175 Å². The van der Waals surface area contributed by atoms with Crippen molar-refractivity contribution < 1.29 is 19.0 Å². The van der Waals surface area contributed by atoms with E-state index in [0.29, 0.717) is 29.7 Å². The Balaban J connectivity index is 2.02. The number of benzene rings is 2. The van der Waals surface area contributed by atoms with Crippen LogP contribution in [0.5, 0.6) is 11.5 Å². The maximum Gasteiger partial charge on any atom is 0.221 e. The fourth-order valence-corrected chi connectivity index (χ4v) is 3.60. The van der Waals surface area contributed by atoms with Crippen molar-refractivity contribution in [3.63, 3.8) is 0 Å². The molecule has 1 aromatic heterocycles. The van der Waals surface area contributed by atoms with Crippen molar-refractivity contribution in [1.29, 1.82) is 0 Å². The smallest absolute Gasteiger partial charge is 0.221 e. The zero-order valence-corrected chi connectivity index (χ0v) is 17.5. The van der Waals surface area contributed by atoms with Crippen molar-refractivity contribution in [2.75, 3.05) is 34.5 Å². The number of hydrogen-bond acceptors (Lipinski definition) is 4. The monoisotopic (exact) mass is 416 g/mol. The summed E-state index contributed by atoms with van der Waals surface area (Å²) in [5.74, 6) is 1.01. The maximum atomic E-state index is 12.6. The molecule has 1 amide bonds. The largest absolute Gasteiger partial charge is 0.493 e. The van der Waals surface area contributed by atoms with Gasteiger partial charge in [0, 0.05) is 48.1 Å². The molecule has 0 spiro atoms. The third-order valence-corrected chi connectivity index (χ3v) is 5.11. The van der Waals surface area contributed by atoms with Gasteiger partial charge in [0.15, 0.2) is 11.5 Å². The van der Waals surface area contributed by atoms with Crippen LogP contribution < -0.4 is 14.8 Å². The first-order chi connectivity index (χ1) is 14.1. The van der Waals surface area contributed by atoms with Crippen LogP contribution >= 0.6 is 11.6 Å². The van der Waals surface area contributed by atoms with Crippen LogP contribution in [0, 0.1) is 0 Å². The van der Waals surface area contributed by atoms with Crippen LogP contribution in [-0.2, 0) is 9.53 Å². The molecule has 3 rings (SSSR count). The third-order valence-electron chi connectivity index (χ3n) is 4.88. The molecule has 1 atom stereocenters. The van der Waals surface area contributed by atoms with Crippen molar-refractivity contribution in [3.05, 3.63) is 58.7 Å². The zero-order chi connectivity index (χ0) is 20.8. The van der Waals surface area contributed by atoms with Crippen molar-refractivity contribution >= 4 is 28.4 Å². The molecule has 0 bridgehead atoms. The van der Waals surface area contributed by atoms with Crippen molar-refractivity contribution in [3.8, 4) is 11.5 Å². The van der Waals surface area contributed by atoms with Crippen LogP contribution in [0.4, 0.5) is 0 Å². The summed E-state index contributed by atoms with van der Waals surface area (Å²) in [5.41, 5.74) is 2.91. The van der Waals surface area contributed by atoms with Crippen LogP contribution in [0.3, 0.4) is 0 Å².